The first-order chi connectivity index (χ1) is 57.1. The molecule has 0 atom stereocenters. The zero-order chi connectivity index (χ0) is 80.9. The van der Waals surface area contributed by atoms with Gasteiger partial charge in [-0.15, -0.1) is 0 Å². The molecule has 2 aliphatic rings. The predicted octanol–water partition coefficient (Wildman–Crippen LogP) is 35.9. The number of aryl methyl sites for hydroxylation is 2. The van der Waals surface area contributed by atoms with E-state index < -0.39 is 0 Å². The van der Waals surface area contributed by atoms with Crippen molar-refractivity contribution in [2.45, 2.75) is 400 Å². The molecule has 0 spiro atoms. The molecule has 3 heteroatoms. The van der Waals surface area contributed by atoms with Crippen molar-refractivity contribution in [3.8, 4) is 61.4 Å². The highest BCUT2D eigenvalue weighted by Crippen LogP contribution is 2.60. The molecular formula is C113H155NO2. The van der Waals surface area contributed by atoms with Crippen LogP contribution in [0.25, 0.3) is 99.0 Å². The number of aliphatic hydroxyl groups is 1. The summed E-state index contributed by atoms with van der Waals surface area (Å²) in [6.07, 6.45) is 65.1. The van der Waals surface area contributed by atoms with Crippen LogP contribution in [0.3, 0.4) is 0 Å². The van der Waals surface area contributed by atoms with Crippen LogP contribution < -0.4 is 4.74 Å². The molecule has 9 aromatic carbocycles. The first kappa shape index (κ1) is 88.3. The van der Waals surface area contributed by atoms with Gasteiger partial charge >= 0.3 is 0 Å². The second-order valence-electron chi connectivity index (χ2n) is 36.9. The molecule has 3 nitrogen and oxygen atoms in total. The van der Waals surface area contributed by atoms with Crippen LogP contribution in [-0.4, -0.2) is 16.8 Å². The second kappa shape index (κ2) is 45.5. The van der Waals surface area contributed by atoms with E-state index in [0.29, 0.717) is 6.04 Å². The Balaban J connectivity index is 1.01. The van der Waals surface area contributed by atoms with Gasteiger partial charge < -0.3 is 14.4 Å². The van der Waals surface area contributed by atoms with E-state index in [1.54, 1.807) is 11.1 Å². The Hall–Kier alpha value is -6.94. The highest BCUT2D eigenvalue weighted by Gasteiger charge is 2.45. The summed E-state index contributed by atoms with van der Waals surface area (Å²) in [6.45, 7) is 18.6. The van der Waals surface area contributed by atoms with Crippen molar-refractivity contribution in [1.29, 1.82) is 0 Å². The van der Waals surface area contributed by atoms with E-state index >= 15 is 0 Å². The number of hydrogen-bond acceptors (Lipinski definition) is 2. The number of methoxy groups -OCH3 is 1. The molecule has 1 N–H and O–H groups in total. The Labute approximate surface area is 706 Å². The van der Waals surface area contributed by atoms with Crippen molar-refractivity contribution >= 4 is 43.4 Å². The number of fused-ring (bicyclic) bond motifs is 11. The Morgan fingerprint density at radius 2 is 0.621 bits per heavy atom. The summed E-state index contributed by atoms with van der Waals surface area (Å²) >= 11 is 0. The van der Waals surface area contributed by atoms with Gasteiger partial charge in [0.15, 0.2) is 0 Å². The lowest BCUT2D eigenvalue weighted by molar-refractivity contribution is 0.283. The SMILES string of the molecule is CCCCCCCCCCC1(CCCCCCCCCC)c2cc(C)ccc2-c2ccc(-c3c4ccccc4c(-c4ccc5c(c4)C(CCCCCCCCCC)(CCCCCCCCCC)c4cc(-c6ccc7c8ccc(C)cc8n(C(CCCCCCCC)CCCCCCCC)c7c6)ccc4-5)c4c(OC)ccc(CO)c34)cc21. The first-order valence-corrected chi connectivity index (χ1v) is 48.9. The fourth-order valence-corrected chi connectivity index (χ4v) is 21.9. The van der Waals surface area contributed by atoms with Crippen LogP contribution in [0.2, 0.25) is 0 Å². The van der Waals surface area contributed by atoms with E-state index in [0.717, 1.165) is 34.9 Å². The number of rotatable bonds is 56. The lowest BCUT2D eigenvalue weighted by Gasteiger charge is -2.34. The van der Waals surface area contributed by atoms with Crippen LogP contribution in [0, 0.1) is 13.8 Å². The lowest BCUT2D eigenvalue weighted by Crippen LogP contribution is -2.26. The quantitative estimate of drug-likeness (QED) is 0.0305. The standard InChI is InChI=1S/C113H155NO2/c1-10-16-22-28-34-38-44-52-74-112(75-53-45-39-35-29-23-17-11-2)101-78-85(7)60-67-93(101)95-70-64-89(81-103(95)112)108-99-58-50-51-59-100(99)109(111-107(116-9)73-66-91(84-115)110(108)111)90-65-71-96-94-69-62-87(80-102(94)113(104(96)82-90,76-54-46-40-36-30-24-18-12-3)77-55-47-41-37-31-25-19-13-4)88-63-72-98-97-68-61-86(8)79-105(97)114(106(98)83-88)92(56-48-42-32-26-20-14-5)57-49-43-33-27-21-15-6/h50-51,58-73,78-83,92,115H,10-49,52-57,74-77,84H2,1-9H3. The average molecular weight is 1560 g/mol. The maximum atomic E-state index is 12.1. The van der Waals surface area contributed by atoms with E-state index in [1.165, 1.54) is 419 Å². The summed E-state index contributed by atoms with van der Waals surface area (Å²) in [4.78, 5) is 0. The Morgan fingerprint density at radius 1 is 0.302 bits per heavy atom. The highest BCUT2D eigenvalue weighted by molar-refractivity contribution is 6.24. The number of unbranched alkanes of at least 4 members (excludes halogenated alkanes) is 38. The summed E-state index contributed by atoms with van der Waals surface area (Å²) in [6, 6.07) is 59.8. The highest BCUT2D eigenvalue weighted by atomic mass is 16.5. The smallest absolute Gasteiger partial charge is 0.127 e. The van der Waals surface area contributed by atoms with Crippen LogP contribution in [-0.2, 0) is 17.4 Å². The normalized spacial score (nSPS) is 13.3. The number of benzene rings is 9. The van der Waals surface area contributed by atoms with E-state index in [4.69, 9.17) is 4.74 Å². The molecule has 10 aromatic rings. The summed E-state index contributed by atoms with van der Waals surface area (Å²) < 4.78 is 9.65. The molecule has 1 heterocycles. The molecule has 0 radical (unpaired) electrons. The Morgan fingerprint density at radius 3 is 1.03 bits per heavy atom. The van der Waals surface area contributed by atoms with Crippen molar-refractivity contribution in [3.05, 3.63) is 185 Å². The molecule has 0 fully saturated rings. The van der Waals surface area contributed by atoms with E-state index in [-0.39, 0.29) is 17.4 Å². The predicted molar refractivity (Wildman–Crippen MR) is 509 cm³/mol. The van der Waals surface area contributed by atoms with Gasteiger partial charge in [0, 0.05) is 49.6 Å². The molecule has 2 aliphatic carbocycles. The maximum Gasteiger partial charge on any atom is 0.127 e. The number of aromatic nitrogens is 1. The fraction of sp³-hybridized carbons (Fsp3) is 0.558. The number of nitrogens with zero attached hydrogens (tertiary/aromatic N) is 1. The van der Waals surface area contributed by atoms with E-state index in [9.17, 15) is 5.11 Å². The topological polar surface area (TPSA) is 34.4 Å². The van der Waals surface area contributed by atoms with E-state index in [1.807, 2.05) is 7.11 Å². The molecule has 624 valence electrons. The molecule has 0 unspecified atom stereocenters. The van der Waals surface area contributed by atoms with Crippen molar-refractivity contribution < 1.29 is 9.84 Å². The second-order valence-corrected chi connectivity index (χ2v) is 36.9. The third-order valence-corrected chi connectivity index (χ3v) is 28.3. The largest absolute Gasteiger partial charge is 0.496 e. The monoisotopic (exact) mass is 1560 g/mol. The van der Waals surface area contributed by atoms with Crippen LogP contribution >= 0.6 is 0 Å². The van der Waals surface area contributed by atoms with Gasteiger partial charge in [-0.1, -0.05) is 439 Å². The fourth-order valence-electron chi connectivity index (χ4n) is 21.9. The van der Waals surface area contributed by atoms with Gasteiger partial charge in [0.1, 0.15) is 5.75 Å². The molecule has 1 aromatic heterocycles. The minimum Gasteiger partial charge on any atom is -0.496 e. The molecule has 0 saturated carbocycles. The molecule has 0 bridgehead atoms. The van der Waals surface area contributed by atoms with Gasteiger partial charge in [-0.25, -0.2) is 0 Å². The van der Waals surface area contributed by atoms with Gasteiger partial charge in [0.05, 0.1) is 13.7 Å². The molecule has 0 amide bonds. The zero-order valence-corrected chi connectivity index (χ0v) is 74.8. The maximum absolute atomic E-state index is 12.1. The third kappa shape index (κ3) is 21.1. The van der Waals surface area contributed by atoms with Gasteiger partial charge in [0.2, 0.25) is 0 Å². The number of hydrogen-bond donors (Lipinski definition) is 1. The van der Waals surface area contributed by atoms with Crippen LogP contribution in [0.5, 0.6) is 5.75 Å². The van der Waals surface area contributed by atoms with Crippen molar-refractivity contribution in [1.82, 2.24) is 4.57 Å². The lowest BCUT2D eigenvalue weighted by atomic mass is 9.69. The van der Waals surface area contributed by atoms with Crippen molar-refractivity contribution in [3.63, 3.8) is 0 Å². The number of ether oxygens (including phenoxy) is 1. The van der Waals surface area contributed by atoms with Crippen molar-refractivity contribution in [2.75, 3.05) is 7.11 Å². The van der Waals surface area contributed by atoms with Crippen LogP contribution in [0.1, 0.15) is 408 Å². The number of aliphatic hydroxyl groups excluding tert-OH is 1. The first-order valence-electron chi connectivity index (χ1n) is 48.9. The Bertz CT molecular complexity index is 4630. The molecule has 0 saturated heterocycles. The van der Waals surface area contributed by atoms with E-state index in [2.05, 4.69) is 206 Å². The molecule has 116 heavy (non-hydrogen) atoms. The van der Waals surface area contributed by atoms with Crippen molar-refractivity contribution in [2.24, 2.45) is 0 Å². The molecule has 0 aliphatic heterocycles. The summed E-state index contributed by atoms with van der Waals surface area (Å²) in [5.41, 5.74) is 25.7. The van der Waals surface area contributed by atoms with Gasteiger partial charge in [0.25, 0.3) is 0 Å². The van der Waals surface area contributed by atoms with Gasteiger partial charge in [-0.3, -0.25) is 0 Å². The molecular weight excluding hydrogens is 1400 g/mol. The summed E-state index contributed by atoms with van der Waals surface area (Å²) in [7, 11) is 1.88. The van der Waals surface area contributed by atoms with Crippen LogP contribution in [0.15, 0.2) is 146 Å². The van der Waals surface area contributed by atoms with Crippen LogP contribution in [0.4, 0.5) is 0 Å². The third-order valence-electron chi connectivity index (χ3n) is 28.3. The molecule has 12 rings (SSSR count). The van der Waals surface area contributed by atoms with Gasteiger partial charge in [-0.05, 0) is 188 Å². The average Bonchev–Trinajstić information content (AvgIpc) is 1.67. The summed E-state index contributed by atoms with van der Waals surface area (Å²) in [5.74, 6) is 0.863. The minimum absolute atomic E-state index is 0.0717. The van der Waals surface area contributed by atoms with Gasteiger partial charge in [-0.2, -0.15) is 0 Å². The minimum atomic E-state index is -0.195. The zero-order valence-electron chi connectivity index (χ0n) is 74.8. The summed E-state index contributed by atoms with van der Waals surface area (Å²) in [5, 5.41) is 19.6. The Kier molecular flexibility index (Phi) is 34.6.